The largest absolute Gasteiger partial charge is 0.508 e. The van der Waals surface area contributed by atoms with Gasteiger partial charge in [-0.3, -0.25) is 14.4 Å². The van der Waals surface area contributed by atoms with Gasteiger partial charge >= 0.3 is 0 Å². The monoisotopic (exact) mass is 386 g/mol. The lowest BCUT2D eigenvalue weighted by Crippen LogP contribution is -2.65. The summed E-state index contributed by atoms with van der Waals surface area (Å²) in [5.74, 6) is -7.02. The molecule has 0 spiro atoms. The van der Waals surface area contributed by atoms with Gasteiger partial charge in [-0.25, -0.2) is 0 Å². The standard InChI is InChI=1S/C19H18N2O7/c20-13-8-5-7-4-6-2-1-3-9(22)10(6)14(23)11(7)16(25)19(8,28)17(26)12(15(13)24)18(21)27/h1-3,7-8,13,22-23,26,28H,4-5,20H2,(H2,21,27)/t7?,8?,13?,19-/m0/s1. The Bertz CT molecular complexity index is 1030. The van der Waals surface area contributed by atoms with Crippen molar-refractivity contribution in [3.05, 3.63) is 46.2 Å². The summed E-state index contributed by atoms with van der Waals surface area (Å²) < 4.78 is 0. The summed E-state index contributed by atoms with van der Waals surface area (Å²) in [6.07, 6.45) is 0.259. The van der Waals surface area contributed by atoms with Gasteiger partial charge in [0.15, 0.2) is 11.4 Å². The van der Waals surface area contributed by atoms with Crippen molar-refractivity contribution in [3.63, 3.8) is 0 Å². The van der Waals surface area contributed by atoms with Gasteiger partial charge in [0, 0.05) is 11.5 Å². The maximum absolute atomic E-state index is 13.2. The highest BCUT2D eigenvalue weighted by molar-refractivity contribution is 6.24. The molecular weight excluding hydrogens is 368 g/mol. The lowest BCUT2D eigenvalue weighted by Gasteiger charge is -2.48. The highest BCUT2D eigenvalue weighted by Crippen LogP contribution is 2.51. The third-order valence-corrected chi connectivity index (χ3v) is 5.99. The van der Waals surface area contributed by atoms with Crippen molar-refractivity contribution in [1.82, 2.24) is 0 Å². The SMILES string of the molecule is NC(=O)C1=C(O)[C@@]2(O)C(=O)C3=C(O)c4c(O)cccc4CC3CC2C(N)C1=O. The lowest BCUT2D eigenvalue weighted by atomic mass is 9.58. The number of aromatic hydroxyl groups is 1. The highest BCUT2D eigenvalue weighted by Gasteiger charge is 2.62. The molecule has 3 aliphatic carbocycles. The van der Waals surface area contributed by atoms with E-state index < -0.39 is 58.0 Å². The molecule has 8 N–H and O–H groups in total. The van der Waals surface area contributed by atoms with Crippen LogP contribution in [-0.2, 0) is 20.8 Å². The first kappa shape index (κ1) is 18.2. The maximum Gasteiger partial charge on any atom is 0.255 e. The van der Waals surface area contributed by atoms with Crippen LogP contribution < -0.4 is 11.5 Å². The molecule has 1 amide bonds. The van der Waals surface area contributed by atoms with Crippen molar-refractivity contribution in [2.24, 2.45) is 23.3 Å². The number of ketones is 2. The molecule has 9 nitrogen and oxygen atoms in total. The quantitative estimate of drug-likeness (QED) is 0.344. The zero-order valence-electron chi connectivity index (χ0n) is 14.5. The maximum atomic E-state index is 13.2. The summed E-state index contributed by atoms with van der Waals surface area (Å²) in [7, 11) is 0. The van der Waals surface area contributed by atoms with Gasteiger partial charge in [-0.1, -0.05) is 12.1 Å². The summed E-state index contributed by atoms with van der Waals surface area (Å²) in [5, 5.41) is 42.3. The molecule has 28 heavy (non-hydrogen) atoms. The van der Waals surface area contributed by atoms with E-state index in [2.05, 4.69) is 0 Å². The minimum Gasteiger partial charge on any atom is -0.508 e. The molecule has 1 saturated carbocycles. The lowest BCUT2D eigenvalue weighted by molar-refractivity contribution is -0.149. The van der Waals surface area contributed by atoms with Gasteiger partial charge in [0.25, 0.3) is 5.91 Å². The molecule has 1 aromatic rings. The second kappa shape index (κ2) is 5.66. The number of amides is 1. The summed E-state index contributed by atoms with van der Waals surface area (Å²) in [6, 6.07) is 3.19. The van der Waals surface area contributed by atoms with E-state index in [-0.39, 0.29) is 29.7 Å². The smallest absolute Gasteiger partial charge is 0.255 e. The minimum absolute atomic E-state index is 0.000260. The number of carbonyl (C=O) groups is 3. The van der Waals surface area contributed by atoms with Gasteiger partial charge < -0.3 is 31.9 Å². The number of Topliss-reactive ketones (excluding diaryl/α,β-unsaturated/α-hetero) is 2. The predicted octanol–water partition coefficient (Wildman–Crippen LogP) is -0.639. The van der Waals surface area contributed by atoms with E-state index in [1.54, 1.807) is 12.1 Å². The Kier molecular flexibility index (Phi) is 3.68. The van der Waals surface area contributed by atoms with E-state index in [1.807, 2.05) is 0 Å². The molecule has 4 rings (SSSR count). The number of benzene rings is 1. The Hall–Kier alpha value is -3.17. The third-order valence-electron chi connectivity index (χ3n) is 5.99. The number of phenolic OH excluding ortho intramolecular Hbond substituents is 1. The number of fused-ring (bicyclic) bond motifs is 3. The number of phenols is 1. The number of nitrogens with two attached hydrogens (primary N) is 2. The van der Waals surface area contributed by atoms with Crippen molar-refractivity contribution in [3.8, 4) is 5.75 Å². The van der Waals surface area contributed by atoms with Crippen molar-refractivity contribution in [2.45, 2.75) is 24.5 Å². The van der Waals surface area contributed by atoms with Gasteiger partial charge in [-0.2, -0.15) is 0 Å². The van der Waals surface area contributed by atoms with Crippen molar-refractivity contribution in [1.29, 1.82) is 0 Å². The van der Waals surface area contributed by atoms with Crippen LogP contribution in [0.25, 0.3) is 5.76 Å². The molecule has 0 bridgehead atoms. The van der Waals surface area contributed by atoms with Crippen LogP contribution in [0.5, 0.6) is 5.75 Å². The zero-order valence-corrected chi connectivity index (χ0v) is 14.5. The second-order valence-corrected chi connectivity index (χ2v) is 7.39. The van der Waals surface area contributed by atoms with Crippen molar-refractivity contribution in [2.75, 3.05) is 0 Å². The molecule has 0 aliphatic heterocycles. The fraction of sp³-hybridized carbons (Fsp3) is 0.316. The number of aliphatic hydroxyl groups is 3. The van der Waals surface area contributed by atoms with Crippen LogP contribution in [0.15, 0.2) is 35.1 Å². The molecule has 0 heterocycles. The van der Waals surface area contributed by atoms with Gasteiger partial charge in [0.1, 0.15) is 22.8 Å². The van der Waals surface area contributed by atoms with E-state index in [0.717, 1.165) is 0 Å². The Balaban J connectivity index is 1.96. The number of rotatable bonds is 1. The Morgan fingerprint density at radius 2 is 1.86 bits per heavy atom. The van der Waals surface area contributed by atoms with Crippen LogP contribution in [0.3, 0.4) is 0 Å². The van der Waals surface area contributed by atoms with Crippen LogP contribution >= 0.6 is 0 Å². The minimum atomic E-state index is -2.67. The topological polar surface area (TPSA) is 184 Å². The molecule has 4 atom stereocenters. The predicted molar refractivity (Wildman–Crippen MR) is 94.7 cm³/mol. The first-order chi connectivity index (χ1) is 13.1. The molecule has 0 aromatic heterocycles. The number of aliphatic hydroxyl groups excluding tert-OH is 2. The zero-order chi connectivity index (χ0) is 20.5. The molecule has 9 heteroatoms. The molecule has 0 radical (unpaired) electrons. The first-order valence-corrected chi connectivity index (χ1v) is 8.65. The fourth-order valence-electron chi connectivity index (χ4n) is 4.65. The fourth-order valence-corrected chi connectivity index (χ4v) is 4.65. The van der Waals surface area contributed by atoms with E-state index in [0.29, 0.717) is 5.56 Å². The van der Waals surface area contributed by atoms with Gasteiger partial charge in [0.05, 0.1) is 11.6 Å². The van der Waals surface area contributed by atoms with Gasteiger partial charge in [-0.15, -0.1) is 0 Å². The van der Waals surface area contributed by atoms with Crippen molar-refractivity contribution >= 4 is 23.2 Å². The molecule has 0 saturated heterocycles. The summed E-state index contributed by atoms with van der Waals surface area (Å²) in [6.45, 7) is 0. The Morgan fingerprint density at radius 1 is 1.18 bits per heavy atom. The first-order valence-electron chi connectivity index (χ1n) is 8.65. The normalized spacial score (nSPS) is 32.0. The number of hydrogen-bond donors (Lipinski definition) is 6. The number of carbonyl (C=O) groups excluding carboxylic acids is 3. The van der Waals surface area contributed by atoms with E-state index in [1.165, 1.54) is 6.07 Å². The number of primary amides is 1. The van der Waals surface area contributed by atoms with Crippen molar-refractivity contribution < 1.29 is 34.8 Å². The molecule has 1 aromatic carbocycles. The van der Waals surface area contributed by atoms with E-state index in [9.17, 15) is 34.8 Å². The van der Waals surface area contributed by atoms with Crippen LogP contribution in [0, 0.1) is 11.8 Å². The Labute approximate surface area is 158 Å². The van der Waals surface area contributed by atoms with Crippen LogP contribution in [0.1, 0.15) is 17.5 Å². The average Bonchev–Trinajstić information content (AvgIpc) is 2.62. The Morgan fingerprint density at radius 3 is 2.50 bits per heavy atom. The molecule has 3 aliphatic rings. The summed E-state index contributed by atoms with van der Waals surface area (Å²) >= 11 is 0. The van der Waals surface area contributed by atoms with Crippen LogP contribution in [0.4, 0.5) is 0 Å². The van der Waals surface area contributed by atoms with Crippen LogP contribution in [-0.4, -0.2) is 49.5 Å². The summed E-state index contributed by atoms with van der Waals surface area (Å²) in [5.41, 5.74) is 7.93. The molecule has 146 valence electrons. The van der Waals surface area contributed by atoms with Crippen LogP contribution in [0.2, 0.25) is 0 Å². The number of hydrogen-bond acceptors (Lipinski definition) is 8. The van der Waals surface area contributed by atoms with Gasteiger partial charge in [0.2, 0.25) is 5.78 Å². The van der Waals surface area contributed by atoms with E-state index in [4.69, 9.17) is 11.5 Å². The summed E-state index contributed by atoms with van der Waals surface area (Å²) in [4.78, 5) is 37.2. The molecular formula is C19H18N2O7. The molecule has 3 unspecified atom stereocenters. The molecule has 1 fully saturated rings. The third kappa shape index (κ3) is 2.05. The van der Waals surface area contributed by atoms with E-state index >= 15 is 0 Å². The highest BCUT2D eigenvalue weighted by atomic mass is 16.3. The average molecular weight is 386 g/mol. The van der Waals surface area contributed by atoms with Gasteiger partial charge in [-0.05, 0) is 30.4 Å². The second-order valence-electron chi connectivity index (χ2n) is 7.39.